The summed E-state index contributed by atoms with van der Waals surface area (Å²) in [5.74, 6) is -2.75. The molecule has 8 heteroatoms. The number of nitrogens with zero attached hydrogens (tertiary/aromatic N) is 2. The fraction of sp³-hybridized carbons (Fsp3) is 0.222. The Morgan fingerprint density at radius 3 is 2.31 bits per heavy atom. The van der Waals surface area contributed by atoms with Crippen LogP contribution in [0.15, 0.2) is 53.4 Å². The van der Waals surface area contributed by atoms with Crippen LogP contribution in [0, 0.1) is 5.41 Å². The third-order valence-corrected chi connectivity index (χ3v) is 4.68. The lowest BCUT2D eigenvalue weighted by Crippen LogP contribution is -2.29. The number of anilines is 1. The van der Waals surface area contributed by atoms with Crippen molar-refractivity contribution < 1.29 is 13.6 Å². The number of aromatic nitrogens is 2. The fourth-order valence-corrected chi connectivity index (χ4v) is 3.34. The van der Waals surface area contributed by atoms with E-state index in [9.17, 15) is 13.6 Å². The van der Waals surface area contributed by atoms with E-state index in [-0.39, 0.29) is 18.1 Å². The van der Waals surface area contributed by atoms with Crippen LogP contribution in [0.1, 0.15) is 6.92 Å². The second-order valence-corrected chi connectivity index (χ2v) is 6.66. The van der Waals surface area contributed by atoms with E-state index in [2.05, 4.69) is 5.32 Å². The Morgan fingerprint density at radius 2 is 1.73 bits per heavy atom. The molecule has 5 nitrogen and oxygen atoms in total. The predicted octanol–water partition coefficient (Wildman–Crippen LogP) is 3.90. The van der Waals surface area contributed by atoms with Crippen molar-refractivity contribution in [2.45, 2.75) is 30.7 Å². The lowest BCUT2D eigenvalue weighted by molar-refractivity contribution is -0.116. The van der Waals surface area contributed by atoms with Gasteiger partial charge in [0.05, 0.1) is 11.0 Å². The molecule has 0 spiro atoms. The molecule has 0 saturated heterocycles. The third-order valence-electron chi connectivity index (χ3n) is 3.96. The molecule has 1 aromatic heterocycles. The zero-order valence-electron chi connectivity index (χ0n) is 14.1. The molecule has 0 radical (unpaired) electrons. The Labute approximate surface area is 153 Å². The SMILES string of the molecule is CCn1c(=N)n(CC(=O)Nc2ccc(SC(F)F)cc2)c2ccccc21. The zero-order chi connectivity index (χ0) is 18.7. The summed E-state index contributed by atoms with van der Waals surface area (Å²) in [7, 11) is 0. The Bertz CT molecular complexity index is 979. The van der Waals surface area contributed by atoms with Gasteiger partial charge in [-0.1, -0.05) is 23.9 Å². The summed E-state index contributed by atoms with van der Waals surface area (Å²) in [6.07, 6.45) is 0. The summed E-state index contributed by atoms with van der Waals surface area (Å²) in [5.41, 5.74) is 2.51. The number of benzene rings is 2. The first kappa shape index (κ1) is 18.2. The highest BCUT2D eigenvalue weighted by molar-refractivity contribution is 7.99. The zero-order valence-corrected chi connectivity index (χ0v) is 14.9. The molecule has 3 rings (SSSR count). The molecule has 0 aliphatic carbocycles. The van der Waals surface area contributed by atoms with Gasteiger partial charge in [-0.3, -0.25) is 10.2 Å². The summed E-state index contributed by atoms with van der Waals surface area (Å²) >= 11 is 0.460. The molecule has 26 heavy (non-hydrogen) atoms. The normalized spacial score (nSPS) is 11.2. The van der Waals surface area contributed by atoms with Crippen LogP contribution in [0.5, 0.6) is 0 Å². The van der Waals surface area contributed by atoms with Crippen molar-refractivity contribution in [1.29, 1.82) is 5.41 Å². The second-order valence-electron chi connectivity index (χ2n) is 5.59. The van der Waals surface area contributed by atoms with E-state index in [1.807, 2.05) is 35.8 Å². The number of halogens is 2. The fourth-order valence-electron chi connectivity index (χ4n) is 2.84. The monoisotopic (exact) mass is 376 g/mol. The van der Waals surface area contributed by atoms with Crippen molar-refractivity contribution in [2.75, 3.05) is 5.32 Å². The molecule has 2 aromatic carbocycles. The van der Waals surface area contributed by atoms with E-state index >= 15 is 0 Å². The number of hydrogen-bond donors (Lipinski definition) is 2. The molecule has 0 aliphatic rings. The Balaban J connectivity index is 1.77. The van der Waals surface area contributed by atoms with Gasteiger partial charge in [-0.2, -0.15) is 8.78 Å². The number of imidazole rings is 1. The van der Waals surface area contributed by atoms with Crippen LogP contribution < -0.4 is 10.9 Å². The van der Waals surface area contributed by atoms with Crippen LogP contribution in [0.2, 0.25) is 0 Å². The van der Waals surface area contributed by atoms with E-state index in [0.29, 0.717) is 28.9 Å². The smallest absolute Gasteiger partial charge is 0.288 e. The van der Waals surface area contributed by atoms with Crippen LogP contribution in [-0.4, -0.2) is 20.8 Å². The van der Waals surface area contributed by atoms with Crippen LogP contribution in [0.25, 0.3) is 11.0 Å². The summed E-state index contributed by atoms with van der Waals surface area (Å²) in [4.78, 5) is 12.8. The summed E-state index contributed by atoms with van der Waals surface area (Å²) in [5, 5.41) is 11.1. The summed E-state index contributed by atoms with van der Waals surface area (Å²) < 4.78 is 28.2. The van der Waals surface area contributed by atoms with Gasteiger partial charge in [0.1, 0.15) is 6.54 Å². The van der Waals surface area contributed by atoms with Gasteiger partial charge in [-0.15, -0.1) is 0 Å². The number of amides is 1. The average molecular weight is 376 g/mol. The molecule has 0 bridgehead atoms. The maximum absolute atomic E-state index is 12.4. The van der Waals surface area contributed by atoms with Gasteiger partial charge in [0.25, 0.3) is 5.76 Å². The topological polar surface area (TPSA) is 62.8 Å². The van der Waals surface area contributed by atoms with E-state index in [4.69, 9.17) is 5.41 Å². The molecule has 0 unspecified atom stereocenters. The highest BCUT2D eigenvalue weighted by atomic mass is 32.2. The van der Waals surface area contributed by atoms with E-state index < -0.39 is 5.76 Å². The number of para-hydroxylation sites is 2. The molecule has 2 N–H and O–H groups in total. The standard InChI is InChI=1S/C18H18F2N4OS/c1-2-23-14-5-3-4-6-15(14)24(18(23)21)11-16(25)22-12-7-9-13(10-8-12)26-17(19)20/h3-10,17,21H,2,11H2,1H3,(H,22,25). The van der Waals surface area contributed by atoms with E-state index in [0.717, 1.165) is 11.0 Å². The molecule has 1 heterocycles. The predicted molar refractivity (Wildman–Crippen MR) is 98.4 cm³/mol. The van der Waals surface area contributed by atoms with E-state index in [1.54, 1.807) is 28.8 Å². The first-order valence-electron chi connectivity index (χ1n) is 8.07. The quantitative estimate of drug-likeness (QED) is 0.641. The largest absolute Gasteiger partial charge is 0.325 e. The van der Waals surface area contributed by atoms with Crippen molar-refractivity contribution in [2.24, 2.45) is 0 Å². The number of carbonyl (C=O) groups is 1. The number of fused-ring (bicyclic) bond motifs is 1. The van der Waals surface area contributed by atoms with Crippen molar-refractivity contribution in [1.82, 2.24) is 9.13 Å². The molecular formula is C18H18F2N4OS. The molecule has 1 amide bonds. The lowest BCUT2D eigenvalue weighted by atomic mass is 10.3. The van der Waals surface area contributed by atoms with Crippen LogP contribution in [-0.2, 0) is 17.9 Å². The number of carbonyl (C=O) groups excluding carboxylic acids is 1. The minimum absolute atomic E-state index is 0.000117. The van der Waals surface area contributed by atoms with Gasteiger partial charge in [0.2, 0.25) is 11.5 Å². The number of rotatable bonds is 6. The molecule has 0 aliphatic heterocycles. The van der Waals surface area contributed by atoms with Gasteiger partial charge in [0, 0.05) is 17.1 Å². The van der Waals surface area contributed by atoms with Gasteiger partial charge in [-0.05, 0) is 43.3 Å². The van der Waals surface area contributed by atoms with E-state index in [1.165, 1.54) is 0 Å². The van der Waals surface area contributed by atoms with Gasteiger partial charge in [0.15, 0.2) is 0 Å². The van der Waals surface area contributed by atoms with Gasteiger partial charge >= 0.3 is 0 Å². The highest BCUT2D eigenvalue weighted by Gasteiger charge is 2.13. The third kappa shape index (κ3) is 3.80. The van der Waals surface area contributed by atoms with Crippen molar-refractivity contribution in [3.05, 3.63) is 54.1 Å². The number of alkyl halides is 2. The Hall–Kier alpha value is -2.61. The lowest BCUT2D eigenvalue weighted by Gasteiger charge is -2.08. The maximum atomic E-state index is 12.4. The number of thioether (sulfide) groups is 1. The minimum atomic E-state index is -2.47. The molecule has 0 atom stereocenters. The number of aryl methyl sites for hydroxylation is 1. The number of hydrogen-bond acceptors (Lipinski definition) is 3. The van der Waals surface area contributed by atoms with Crippen molar-refractivity contribution in [3.8, 4) is 0 Å². The Kier molecular flexibility index (Phi) is 5.41. The van der Waals surface area contributed by atoms with Gasteiger partial charge < -0.3 is 14.5 Å². The van der Waals surface area contributed by atoms with Gasteiger partial charge in [-0.25, -0.2) is 0 Å². The minimum Gasteiger partial charge on any atom is -0.325 e. The molecule has 3 aromatic rings. The number of nitrogens with one attached hydrogen (secondary N) is 2. The maximum Gasteiger partial charge on any atom is 0.288 e. The molecule has 136 valence electrons. The summed E-state index contributed by atoms with van der Waals surface area (Å²) in [6, 6.07) is 13.8. The highest BCUT2D eigenvalue weighted by Crippen LogP contribution is 2.26. The first-order valence-corrected chi connectivity index (χ1v) is 8.95. The van der Waals surface area contributed by atoms with Crippen molar-refractivity contribution >= 4 is 34.4 Å². The second kappa shape index (κ2) is 7.74. The van der Waals surface area contributed by atoms with Crippen LogP contribution in [0.3, 0.4) is 0 Å². The van der Waals surface area contributed by atoms with Crippen molar-refractivity contribution in [3.63, 3.8) is 0 Å². The van der Waals surface area contributed by atoms with Crippen LogP contribution in [0.4, 0.5) is 14.5 Å². The van der Waals surface area contributed by atoms with Crippen LogP contribution >= 0.6 is 11.8 Å². The molecule has 0 saturated carbocycles. The first-order chi connectivity index (χ1) is 12.5. The average Bonchev–Trinajstić information content (AvgIpc) is 2.88. The molecular weight excluding hydrogens is 358 g/mol. The summed E-state index contributed by atoms with van der Waals surface area (Å²) in [6.45, 7) is 2.59. The molecule has 0 fully saturated rings. The Morgan fingerprint density at radius 1 is 1.12 bits per heavy atom.